The molecule has 3 aromatic rings. The van der Waals surface area contributed by atoms with E-state index >= 15 is 0 Å². The van der Waals surface area contributed by atoms with Crippen LogP contribution < -0.4 is 5.32 Å². The number of carbonyl (C=O) groups excluding carboxylic acids is 1. The molecule has 0 saturated heterocycles. The number of fused-ring (bicyclic) bond motifs is 1. The number of ketones is 1. The summed E-state index contributed by atoms with van der Waals surface area (Å²) in [7, 11) is 0. The molecule has 5 nitrogen and oxygen atoms in total. The highest BCUT2D eigenvalue weighted by Crippen LogP contribution is 2.39. The molecule has 8 heteroatoms. The lowest BCUT2D eigenvalue weighted by molar-refractivity contribution is 0.0676. The second-order valence-electron chi connectivity index (χ2n) is 6.78. The van der Waals surface area contributed by atoms with Gasteiger partial charge in [0.05, 0.1) is 12.1 Å². The van der Waals surface area contributed by atoms with Gasteiger partial charge in [0.25, 0.3) is 0 Å². The first-order chi connectivity index (χ1) is 13.4. The molecule has 28 heavy (non-hydrogen) atoms. The molecule has 0 fully saturated rings. The Kier molecular flexibility index (Phi) is 4.85. The molecule has 1 aliphatic rings. The highest BCUT2D eigenvalue weighted by molar-refractivity contribution is 6.30. The minimum atomic E-state index is -3.09. The van der Waals surface area contributed by atoms with Crippen molar-refractivity contribution in [2.24, 2.45) is 0 Å². The van der Waals surface area contributed by atoms with Crippen LogP contribution in [0.4, 0.5) is 14.7 Å². The van der Waals surface area contributed by atoms with Crippen molar-refractivity contribution in [1.82, 2.24) is 14.8 Å². The summed E-state index contributed by atoms with van der Waals surface area (Å²) in [5, 5.41) is 7.92. The van der Waals surface area contributed by atoms with Gasteiger partial charge in [-0.25, -0.2) is 13.5 Å². The van der Waals surface area contributed by atoms with Crippen LogP contribution in [0.15, 0.2) is 48.8 Å². The van der Waals surface area contributed by atoms with E-state index in [2.05, 4.69) is 15.4 Å². The molecule has 0 bridgehead atoms. The Labute approximate surface area is 165 Å². The molecule has 0 aliphatic carbocycles. The molecule has 0 amide bonds. The number of hydrogen-bond acceptors (Lipinski definition) is 4. The summed E-state index contributed by atoms with van der Waals surface area (Å²) in [6.07, 6.45) is -1.19. The van der Waals surface area contributed by atoms with Gasteiger partial charge < -0.3 is 5.32 Å². The zero-order chi connectivity index (χ0) is 19.8. The first kappa shape index (κ1) is 18.6. The van der Waals surface area contributed by atoms with Gasteiger partial charge in [0.2, 0.25) is 11.7 Å². The number of nitrogens with one attached hydrogen (secondary N) is 1. The van der Waals surface area contributed by atoms with Crippen molar-refractivity contribution in [3.05, 3.63) is 76.1 Å². The second-order valence-corrected chi connectivity index (χ2v) is 7.22. The van der Waals surface area contributed by atoms with E-state index in [1.165, 1.54) is 18.5 Å². The van der Waals surface area contributed by atoms with Crippen molar-refractivity contribution in [1.29, 1.82) is 0 Å². The van der Waals surface area contributed by atoms with E-state index in [4.69, 9.17) is 11.6 Å². The number of halogens is 3. The minimum absolute atomic E-state index is 0.0459. The molecule has 0 spiro atoms. The fourth-order valence-electron chi connectivity index (χ4n) is 3.55. The average molecular weight is 403 g/mol. The van der Waals surface area contributed by atoms with Crippen molar-refractivity contribution in [2.75, 3.05) is 5.32 Å². The van der Waals surface area contributed by atoms with Crippen LogP contribution in [-0.2, 0) is 0 Å². The molecule has 144 valence electrons. The van der Waals surface area contributed by atoms with Crippen LogP contribution in [0.25, 0.3) is 0 Å². The SMILES string of the molecule is Cc1ccc(C2CC(c3cc(Cl)ccc3C(=O)C(F)F)n3ncnc3N2)cc1. The van der Waals surface area contributed by atoms with Gasteiger partial charge in [-0.3, -0.25) is 4.79 Å². The number of carbonyl (C=O) groups is 1. The predicted molar refractivity (Wildman–Crippen MR) is 102 cm³/mol. The number of alkyl halides is 2. The maximum Gasteiger partial charge on any atom is 0.300 e. The van der Waals surface area contributed by atoms with Gasteiger partial charge in [0, 0.05) is 10.6 Å². The van der Waals surface area contributed by atoms with Gasteiger partial charge >= 0.3 is 6.43 Å². The van der Waals surface area contributed by atoms with Crippen molar-refractivity contribution in [3.63, 3.8) is 0 Å². The van der Waals surface area contributed by atoms with Gasteiger partial charge in [0.15, 0.2) is 0 Å². The van der Waals surface area contributed by atoms with E-state index in [9.17, 15) is 13.6 Å². The fourth-order valence-corrected chi connectivity index (χ4v) is 3.73. The minimum Gasteiger partial charge on any atom is -0.348 e. The molecule has 4 rings (SSSR count). The van der Waals surface area contributed by atoms with Gasteiger partial charge in [-0.15, -0.1) is 0 Å². The van der Waals surface area contributed by atoms with Gasteiger partial charge in [0.1, 0.15) is 6.33 Å². The van der Waals surface area contributed by atoms with E-state index in [1.54, 1.807) is 10.7 Å². The van der Waals surface area contributed by atoms with Crippen molar-refractivity contribution in [2.45, 2.75) is 31.9 Å². The first-order valence-corrected chi connectivity index (χ1v) is 9.16. The maximum absolute atomic E-state index is 13.1. The first-order valence-electron chi connectivity index (χ1n) is 8.78. The lowest BCUT2D eigenvalue weighted by atomic mass is 9.89. The van der Waals surface area contributed by atoms with E-state index < -0.39 is 18.3 Å². The van der Waals surface area contributed by atoms with E-state index in [-0.39, 0.29) is 11.6 Å². The Bertz CT molecular complexity index is 1020. The molecule has 0 saturated carbocycles. The van der Waals surface area contributed by atoms with E-state index in [0.717, 1.165) is 11.1 Å². The predicted octanol–water partition coefficient (Wildman–Crippen LogP) is 4.83. The number of anilines is 1. The largest absolute Gasteiger partial charge is 0.348 e. The second kappa shape index (κ2) is 7.31. The number of benzene rings is 2. The number of hydrogen-bond donors (Lipinski definition) is 1. The summed E-state index contributed by atoms with van der Waals surface area (Å²) in [6.45, 7) is 2.01. The Morgan fingerprint density at radius 1 is 1.25 bits per heavy atom. The monoisotopic (exact) mass is 402 g/mol. The Hall–Kier alpha value is -2.80. The molecule has 1 aliphatic heterocycles. The van der Waals surface area contributed by atoms with Crippen LogP contribution in [0.2, 0.25) is 5.02 Å². The van der Waals surface area contributed by atoms with Crippen LogP contribution >= 0.6 is 11.6 Å². The lowest BCUT2D eigenvalue weighted by Crippen LogP contribution is -2.29. The Balaban J connectivity index is 1.80. The maximum atomic E-state index is 13.1. The fraction of sp³-hybridized carbons (Fsp3) is 0.250. The third-order valence-electron chi connectivity index (χ3n) is 4.95. The van der Waals surface area contributed by atoms with Gasteiger partial charge in [-0.2, -0.15) is 10.1 Å². The molecular formula is C20H17ClF2N4O. The van der Waals surface area contributed by atoms with Gasteiger partial charge in [-0.05, 0) is 42.7 Å². The quantitative estimate of drug-likeness (QED) is 0.635. The Morgan fingerprint density at radius 2 is 2.00 bits per heavy atom. The molecule has 1 N–H and O–H groups in total. The molecule has 2 atom stereocenters. The zero-order valence-corrected chi connectivity index (χ0v) is 15.7. The van der Waals surface area contributed by atoms with Crippen molar-refractivity contribution >= 4 is 23.3 Å². The number of Topliss-reactive ketones (excluding diaryl/α,β-unsaturated/α-hetero) is 1. The molecule has 2 heterocycles. The topological polar surface area (TPSA) is 59.8 Å². The average Bonchev–Trinajstić information content (AvgIpc) is 3.16. The summed E-state index contributed by atoms with van der Waals surface area (Å²) < 4.78 is 27.9. The number of nitrogens with zero attached hydrogens (tertiary/aromatic N) is 3. The summed E-state index contributed by atoms with van der Waals surface area (Å²) >= 11 is 6.13. The highest BCUT2D eigenvalue weighted by atomic mass is 35.5. The molecule has 0 radical (unpaired) electrons. The normalized spacial score (nSPS) is 18.6. The van der Waals surface area contributed by atoms with Crippen LogP contribution in [0.3, 0.4) is 0 Å². The smallest absolute Gasteiger partial charge is 0.300 e. The summed E-state index contributed by atoms with van der Waals surface area (Å²) in [4.78, 5) is 16.3. The number of aromatic nitrogens is 3. The Morgan fingerprint density at radius 3 is 2.71 bits per heavy atom. The molecular weight excluding hydrogens is 386 g/mol. The van der Waals surface area contributed by atoms with Crippen LogP contribution in [0.5, 0.6) is 0 Å². The van der Waals surface area contributed by atoms with E-state index in [1.807, 2.05) is 31.2 Å². The molecule has 1 aromatic heterocycles. The zero-order valence-electron chi connectivity index (χ0n) is 14.9. The van der Waals surface area contributed by atoms with Crippen LogP contribution in [0, 0.1) is 6.92 Å². The summed E-state index contributed by atoms with van der Waals surface area (Å²) in [5.41, 5.74) is 2.55. The molecule has 2 unspecified atom stereocenters. The van der Waals surface area contributed by atoms with Crippen molar-refractivity contribution in [3.8, 4) is 0 Å². The van der Waals surface area contributed by atoms with Crippen LogP contribution in [0.1, 0.15) is 45.6 Å². The third-order valence-corrected chi connectivity index (χ3v) is 5.18. The standard InChI is InChI=1S/C20H17ClF2N4O/c1-11-2-4-12(5-3-11)16-9-17(27-20(26-16)24-10-25-27)15-8-13(21)6-7-14(15)18(28)19(22)23/h2-8,10,16-17,19H,9H2,1H3,(H,24,25,26). The molecule has 2 aromatic carbocycles. The third kappa shape index (κ3) is 3.38. The lowest BCUT2D eigenvalue weighted by Gasteiger charge is -2.32. The van der Waals surface area contributed by atoms with Crippen molar-refractivity contribution < 1.29 is 13.6 Å². The van der Waals surface area contributed by atoms with Crippen LogP contribution in [-0.4, -0.2) is 27.0 Å². The number of aryl methyl sites for hydroxylation is 1. The van der Waals surface area contributed by atoms with E-state index in [0.29, 0.717) is 23.0 Å². The number of rotatable bonds is 4. The summed E-state index contributed by atoms with van der Waals surface area (Å²) in [5.74, 6) is -0.712. The highest BCUT2D eigenvalue weighted by Gasteiger charge is 2.33. The summed E-state index contributed by atoms with van der Waals surface area (Å²) in [6, 6.07) is 11.8. The van der Waals surface area contributed by atoms with Gasteiger partial charge in [-0.1, -0.05) is 41.4 Å².